The van der Waals surface area contributed by atoms with Crippen molar-refractivity contribution < 1.29 is 38.6 Å². The van der Waals surface area contributed by atoms with Gasteiger partial charge >= 0.3 is 5.97 Å². The number of fused-ring (bicyclic) bond motifs is 2. The smallest absolute Gasteiger partial charge is 0.320 e. The van der Waals surface area contributed by atoms with Crippen LogP contribution in [0.25, 0.3) is 0 Å². The summed E-state index contributed by atoms with van der Waals surface area (Å²) in [7, 11) is 1.48. The molecule has 1 saturated heterocycles. The van der Waals surface area contributed by atoms with E-state index >= 15 is 0 Å². The van der Waals surface area contributed by atoms with Gasteiger partial charge in [-0.2, -0.15) is 0 Å². The van der Waals surface area contributed by atoms with Crippen LogP contribution in [-0.4, -0.2) is 83.5 Å². The molecule has 4 rings (SSSR count). The van der Waals surface area contributed by atoms with E-state index in [0.29, 0.717) is 19.3 Å². The molecule has 228 valence electrons. The van der Waals surface area contributed by atoms with E-state index in [1.807, 2.05) is 44.2 Å². The number of carboxylic acid groups (broad SMARTS) is 1. The molecule has 1 aromatic rings. The number of carboxylic acids is 1. The summed E-state index contributed by atoms with van der Waals surface area (Å²) in [5.41, 5.74) is 0.859. The van der Waals surface area contributed by atoms with Gasteiger partial charge in [0.25, 0.3) is 0 Å². The van der Waals surface area contributed by atoms with E-state index in [-0.39, 0.29) is 55.2 Å². The summed E-state index contributed by atoms with van der Waals surface area (Å²) in [6.45, 7) is 3.71. The summed E-state index contributed by atoms with van der Waals surface area (Å²) in [6.07, 6.45) is 3.45. The van der Waals surface area contributed by atoms with Crippen molar-refractivity contribution >= 4 is 29.6 Å². The third-order valence-electron chi connectivity index (χ3n) is 8.13. The lowest BCUT2D eigenvalue weighted by Gasteiger charge is -2.36. The third kappa shape index (κ3) is 7.28. The normalized spacial score (nSPS) is 25.0. The highest BCUT2D eigenvalue weighted by Gasteiger charge is 2.54. The number of carbonyl (C=O) groups excluding carboxylic acids is 4. The van der Waals surface area contributed by atoms with Crippen LogP contribution in [0.15, 0.2) is 42.9 Å². The molecule has 0 radical (unpaired) electrons. The predicted octanol–water partition coefficient (Wildman–Crippen LogP) is 0.958. The first-order chi connectivity index (χ1) is 20.1. The fraction of sp³-hybridized carbons (Fsp3) is 0.567. The highest BCUT2D eigenvalue weighted by Crippen LogP contribution is 2.41. The number of nitrogens with zero attached hydrogens (tertiary/aromatic N) is 1. The third-order valence-corrected chi connectivity index (χ3v) is 8.13. The van der Waals surface area contributed by atoms with Crippen LogP contribution in [-0.2, 0) is 39.9 Å². The van der Waals surface area contributed by atoms with Crippen LogP contribution in [0, 0.1) is 17.8 Å². The highest BCUT2D eigenvalue weighted by molar-refractivity contribution is 6.05. The fourth-order valence-corrected chi connectivity index (χ4v) is 5.97. The zero-order valence-corrected chi connectivity index (χ0v) is 24.2. The largest absolute Gasteiger partial charge is 0.491 e. The first-order valence-corrected chi connectivity index (χ1v) is 14.4. The summed E-state index contributed by atoms with van der Waals surface area (Å²) in [5.74, 6) is -3.79. The summed E-state index contributed by atoms with van der Waals surface area (Å²) < 4.78 is 11.2. The van der Waals surface area contributed by atoms with E-state index in [1.54, 1.807) is 0 Å². The zero-order chi connectivity index (χ0) is 30.4. The molecule has 42 heavy (non-hydrogen) atoms. The lowest BCUT2D eigenvalue weighted by atomic mass is 9.77. The van der Waals surface area contributed by atoms with E-state index in [0.717, 1.165) is 10.5 Å². The summed E-state index contributed by atoms with van der Waals surface area (Å²) in [5, 5.41) is 18.3. The van der Waals surface area contributed by atoms with E-state index in [9.17, 15) is 29.1 Å². The monoisotopic (exact) mass is 584 g/mol. The summed E-state index contributed by atoms with van der Waals surface area (Å²) in [4.78, 5) is 65.8. The maximum Gasteiger partial charge on any atom is 0.320 e. The number of imide groups is 1. The molecule has 7 atom stereocenters. The van der Waals surface area contributed by atoms with Gasteiger partial charge in [-0.05, 0) is 24.3 Å². The Balaban J connectivity index is 1.41. The SMILES string of the molecule is CNC(=O)[C@H](Cc1ccccc1)NC(=O)[C@H](CC(C)C)N[C@H](CCN1C(=O)C2CC3OC=COC3CC2C1=O)C(=O)O. The van der Waals surface area contributed by atoms with Gasteiger partial charge in [-0.25, -0.2) is 0 Å². The Bertz CT molecular complexity index is 1160. The first-order valence-electron chi connectivity index (χ1n) is 14.4. The Morgan fingerprint density at radius 2 is 1.52 bits per heavy atom. The minimum Gasteiger partial charge on any atom is -0.491 e. The van der Waals surface area contributed by atoms with E-state index in [1.165, 1.54) is 19.6 Å². The van der Waals surface area contributed by atoms with E-state index in [4.69, 9.17) is 9.47 Å². The number of hydrogen-bond donors (Lipinski definition) is 4. The van der Waals surface area contributed by atoms with Crippen molar-refractivity contribution in [1.29, 1.82) is 0 Å². The number of amides is 4. The van der Waals surface area contributed by atoms with Gasteiger partial charge in [0, 0.05) is 32.9 Å². The first kappa shape index (κ1) is 31.0. The summed E-state index contributed by atoms with van der Waals surface area (Å²) >= 11 is 0. The lowest BCUT2D eigenvalue weighted by molar-refractivity contribution is -0.144. The van der Waals surface area contributed by atoms with Gasteiger partial charge in [0.05, 0.1) is 17.9 Å². The van der Waals surface area contributed by atoms with Gasteiger partial charge < -0.3 is 25.2 Å². The second-order valence-corrected chi connectivity index (χ2v) is 11.5. The van der Waals surface area contributed by atoms with Crippen molar-refractivity contribution in [2.75, 3.05) is 13.6 Å². The van der Waals surface area contributed by atoms with Crippen molar-refractivity contribution in [2.24, 2.45) is 17.8 Å². The molecule has 4 unspecified atom stereocenters. The number of rotatable bonds is 13. The van der Waals surface area contributed by atoms with Gasteiger partial charge in [-0.15, -0.1) is 0 Å². The standard InChI is InChI=1S/C30H40N4O8/c1-17(2)13-22(27(36)33-23(26(35)31-3)14-18-7-5-4-6-8-18)32-21(30(39)40)9-10-34-28(37)19-15-24-25(42-12-11-41-24)16-20(19)29(34)38/h4-8,11-12,17,19-25,32H,9-10,13-16H2,1-3H3,(H,31,35)(H,33,36)(H,39,40)/t19?,20?,21-,22+,23+,24?,25?/m1/s1. The Morgan fingerprint density at radius 1 is 0.929 bits per heavy atom. The van der Waals surface area contributed by atoms with Crippen molar-refractivity contribution in [3.05, 3.63) is 48.4 Å². The molecule has 3 aliphatic rings. The lowest BCUT2D eigenvalue weighted by Crippen LogP contribution is -2.56. The number of likely N-dealkylation sites (N-methyl/N-ethyl adjacent to an activating group) is 1. The van der Waals surface area contributed by atoms with E-state index < -0.39 is 41.8 Å². The number of likely N-dealkylation sites (tertiary alicyclic amines) is 1. The Hall–Kier alpha value is -3.93. The van der Waals surface area contributed by atoms with Crippen molar-refractivity contribution in [3.8, 4) is 0 Å². The number of aliphatic carboxylic acids is 1. The van der Waals surface area contributed by atoms with Crippen LogP contribution in [0.1, 0.15) is 45.1 Å². The maximum absolute atomic E-state index is 13.4. The van der Waals surface area contributed by atoms with Crippen LogP contribution in [0.5, 0.6) is 0 Å². The molecular formula is C30H40N4O8. The molecule has 1 aromatic carbocycles. The summed E-state index contributed by atoms with van der Waals surface area (Å²) in [6, 6.07) is 6.25. The van der Waals surface area contributed by atoms with E-state index in [2.05, 4.69) is 16.0 Å². The van der Waals surface area contributed by atoms with Crippen molar-refractivity contribution in [2.45, 2.75) is 76.3 Å². The quantitative estimate of drug-likeness (QED) is 0.247. The molecule has 4 amide bonds. The number of benzene rings is 1. The molecule has 2 heterocycles. The van der Waals surface area contributed by atoms with Crippen LogP contribution >= 0.6 is 0 Å². The molecule has 1 saturated carbocycles. The highest BCUT2D eigenvalue weighted by atomic mass is 16.6. The van der Waals surface area contributed by atoms with Gasteiger partial charge in [0.2, 0.25) is 23.6 Å². The van der Waals surface area contributed by atoms with Crippen LogP contribution in [0.2, 0.25) is 0 Å². The molecule has 12 nitrogen and oxygen atoms in total. The minimum absolute atomic E-state index is 0.0302. The second kappa shape index (κ2) is 13.8. The molecule has 2 fully saturated rings. The fourth-order valence-electron chi connectivity index (χ4n) is 5.97. The van der Waals surface area contributed by atoms with Gasteiger partial charge in [-0.1, -0.05) is 44.2 Å². The Kier molecular flexibility index (Phi) is 10.2. The molecule has 0 spiro atoms. The average Bonchev–Trinajstić information content (AvgIpc) is 3.20. The minimum atomic E-state index is -1.21. The maximum atomic E-state index is 13.4. The van der Waals surface area contributed by atoms with Gasteiger partial charge in [0.1, 0.15) is 36.8 Å². The Morgan fingerprint density at radius 3 is 2.05 bits per heavy atom. The molecule has 1 aliphatic carbocycles. The second-order valence-electron chi connectivity index (χ2n) is 11.5. The van der Waals surface area contributed by atoms with Gasteiger partial charge in [0.15, 0.2) is 0 Å². The molecular weight excluding hydrogens is 544 g/mol. The number of hydrogen-bond acceptors (Lipinski definition) is 8. The van der Waals surface area contributed by atoms with Gasteiger partial charge in [-0.3, -0.25) is 34.2 Å². The Labute approximate surface area is 245 Å². The average molecular weight is 585 g/mol. The molecule has 0 bridgehead atoms. The van der Waals surface area contributed by atoms with Crippen molar-refractivity contribution in [3.63, 3.8) is 0 Å². The molecule has 0 aromatic heterocycles. The molecule has 4 N–H and O–H groups in total. The van der Waals surface area contributed by atoms with Crippen LogP contribution in [0.4, 0.5) is 0 Å². The predicted molar refractivity (Wildman–Crippen MR) is 150 cm³/mol. The molecule has 12 heteroatoms. The van der Waals surface area contributed by atoms with Crippen LogP contribution < -0.4 is 16.0 Å². The topological polar surface area (TPSA) is 163 Å². The molecule has 2 aliphatic heterocycles. The number of ether oxygens (including phenoxy) is 2. The van der Waals surface area contributed by atoms with Crippen LogP contribution in [0.3, 0.4) is 0 Å². The number of carbonyl (C=O) groups is 5. The number of nitrogens with one attached hydrogen (secondary N) is 3. The van der Waals surface area contributed by atoms with Crippen molar-refractivity contribution in [1.82, 2.24) is 20.9 Å². The zero-order valence-electron chi connectivity index (χ0n) is 24.2.